The third-order valence-corrected chi connectivity index (χ3v) is 3.81. The molecule has 2 rings (SSSR count). The zero-order valence-corrected chi connectivity index (χ0v) is 14.0. The summed E-state index contributed by atoms with van der Waals surface area (Å²) in [4.78, 5) is 0.286. The number of nitrogens with two attached hydrogens (primary N) is 1. The Hall–Kier alpha value is -1.58. The Bertz CT molecular complexity index is 657. The van der Waals surface area contributed by atoms with E-state index in [9.17, 15) is 0 Å². The Morgan fingerprint density at radius 2 is 1.71 bits per heavy atom. The first kappa shape index (κ1) is 15.8. The third kappa shape index (κ3) is 3.74. The molecular formula is C17H19ClN2S. The minimum absolute atomic E-state index is 0.137. The maximum Gasteiger partial charge on any atom is 0.107 e. The molecule has 4 heteroatoms. The molecule has 0 atom stereocenters. The van der Waals surface area contributed by atoms with Crippen LogP contribution in [0.1, 0.15) is 31.9 Å². The van der Waals surface area contributed by atoms with Crippen LogP contribution < -0.4 is 11.1 Å². The third-order valence-electron chi connectivity index (χ3n) is 3.29. The molecule has 110 valence electrons. The Morgan fingerprint density at radius 3 is 2.24 bits per heavy atom. The van der Waals surface area contributed by atoms with Crippen LogP contribution in [0.3, 0.4) is 0 Å². The molecule has 0 spiro atoms. The monoisotopic (exact) mass is 318 g/mol. The number of anilines is 2. The van der Waals surface area contributed by atoms with Crippen LogP contribution in [-0.4, -0.2) is 4.99 Å². The van der Waals surface area contributed by atoms with Crippen molar-refractivity contribution in [3.63, 3.8) is 0 Å². The fourth-order valence-corrected chi connectivity index (χ4v) is 2.64. The lowest BCUT2D eigenvalue weighted by Crippen LogP contribution is -2.13. The van der Waals surface area contributed by atoms with E-state index >= 15 is 0 Å². The van der Waals surface area contributed by atoms with Gasteiger partial charge in [-0.1, -0.05) is 62.8 Å². The van der Waals surface area contributed by atoms with Crippen molar-refractivity contribution in [2.75, 3.05) is 5.32 Å². The molecule has 3 N–H and O–H groups in total. The number of halogens is 1. The molecule has 0 unspecified atom stereocenters. The summed E-state index contributed by atoms with van der Waals surface area (Å²) in [6, 6.07) is 13.9. The van der Waals surface area contributed by atoms with Gasteiger partial charge in [0.25, 0.3) is 0 Å². The first-order valence-electron chi connectivity index (χ1n) is 6.75. The van der Waals surface area contributed by atoms with Gasteiger partial charge in [0.15, 0.2) is 0 Å². The van der Waals surface area contributed by atoms with Gasteiger partial charge in [-0.3, -0.25) is 0 Å². The van der Waals surface area contributed by atoms with Crippen LogP contribution in [0.15, 0.2) is 42.5 Å². The van der Waals surface area contributed by atoms with Gasteiger partial charge in [0, 0.05) is 5.69 Å². The highest BCUT2D eigenvalue weighted by Crippen LogP contribution is 2.29. The molecular weight excluding hydrogens is 300 g/mol. The van der Waals surface area contributed by atoms with Crippen LogP contribution in [-0.2, 0) is 5.41 Å². The SMILES string of the molecule is CC(C)(C)c1ccc(Nc2cccc(Cl)c2C(N)=S)cc1. The van der Waals surface area contributed by atoms with E-state index in [0.717, 1.165) is 11.4 Å². The second-order valence-electron chi connectivity index (χ2n) is 5.98. The van der Waals surface area contributed by atoms with Crippen molar-refractivity contribution < 1.29 is 0 Å². The average Bonchev–Trinajstić information content (AvgIpc) is 2.38. The summed E-state index contributed by atoms with van der Waals surface area (Å²) in [7, 11) is 0. The molecule has 2 aromatic carbocycles. The topological polar surface area (TPSA) is 38.0 Å². The van der Waals surface area contributed by atoms with Gasteiger partial charge >= 0.3 is 0 Å². The molecule has 0 bridgehead atoms. The standard InChI is InChI=1S/C17H19ClN2S/c1-17(2,3)11-7-9-12(10-8-11)20-14-6-4-5-13(18)15(14)16(19)21/h4-10,20H,1-3H3,(H2,19,21). The van der Waals surface area contributed by atoms with E-state index < -0.39 is 0 Å². The van der Waals surface area contributed by atoms with Gasteiger partial charge < -0.3 is 11.1 Å². The van der Waals surface area contributed by atoms with Crippen LogP contribution in [0.5, 0.6) is 0 Å². The molecule has 0 radical (unpaired) electrons. The number of benzene rings is 2. The van der Waals surface area contributed by atoms with Crippen molar-refractivity contribution in [1.29, 1.82) is 0 Å². The van der Waals surface area contributed by atoms with E-state index in [2.05, 4.69) is 38.2 Å². The summed E-state index contributed by atoms with van der Waals surface area (Å²) < 4.78 is 0. The van der Waals surface area contributed by atoms with Crippen molar-refractivity contribution in [1.82, 2.24) is 0 Å². The van der Waals surface area contributed by atoms with Crippen molar-refractivity contribution in [2.24, 2.45) is 5.73 Å². The molecule has 0 fully saturated rings. The molecule has 0 amide bonds. The lowest BCUT2D eigenvalue weighted by atomic mass is 9.87. The normalized spacial score (nSPS) is 11.2. The molecule has 21 heavy (non-hydrogen) atoms. The van der Waals surface area contributed by atoms with Crippen LogP contribution in [0.25, 0.3) is 0 Å². The van der Waals surface area contributed by atoms with Crippen molar-refractivity contribution in [3.8, 4) is 0 Å². The predicted molar refractivity (Wildman–Crippen MR) is 95.8 cm³/mol. The zero-order valence-electron chi connectivity index (χ0n) is 12.4. The summed E-state index contributed by atoms with van der Waals surface area (Å²) in [5, 5.41) is 3.88. The van der Waals surface area contributed by atoms with Gasteiger partial charge in [0.05, 0.1) is 16.3 Å². The summed E-state index contributed by atoms with van der Waals surface area (Å²) in [5.74, 6) is 0. The van der Waals surface area contributed by atoms with Gasteiger partial charge in [-0.15, -0.1) is 0 Å². The summed E-state index contributed by atoms with van der Waals surface area (Å²) in [6.45, 7) is 6.58. The Labute approximate surface area is 136 Å². The minimum Gasteiger partial charge on any atom is -0.389 e. The van der Waals surface area contributed by atoms with Gasteiger partial charge in [-0.2, -0.15) is 0 Å². The molecule has 2 nitrogen and oxygen atoms in total. The molecule has 2 aromatic rings. The number of thiocarbonyl (C=S) groups is 1. The highest BCUT2D eigenvalue weighted by atomic mass is 35.5. The highest BCUT2D eigenvalue weighted by Gasteiger charge is 2.13. The smallest absolute Gasteiger partial charge is 0.107 e. The lowest BCUT2D eigenvalue weighted by Gasteiger charge is -2.19. The van der Waals surface area contributed by atoms with Crippen molar-refractivity contribution >= 4 is 40.2 Å². The molecule has 0 aliphatic carbocycles. The van der Waals surface area contributed by atoms with Crippen molar-refractivity contribution in [3.05, 3.63) is 58.6 Å². The van der Waals surface area contributed by atoms with Gasteiger partial charge in [-0.25, -0.2) is 0 Å². The number of nitrogens with one attached hydrogen (secondary N) is 1. The Morgan fingerprint density at radius 1 is 1.10 bits per heavy atom. The second-order valence-corrected chi connectivity index (χ2v) is 6.83. The maximum atomic E-state index is 6.17. The van der Waals surface area contributed by atoms with Crippen LogP contribution >= 0.6 is 23.8 Å². The predicted octanol–water partition coefficient (Wildman–Crippen LogP) is 5.02. The number of rotatable bonds is 3. The van der Waals surface area contributed by atoms with Gasteiger partial charge in [0.2, 0.25) is 0 Å². The molecule has 0 saturated carbocycles. The Kier molecular flexibility index (Phi) is 4.55. The molecule has 0 heterocycles. The largest absolute Gasteiger partial charge is 0.389 e. The maximum absolute atomic E-state index is 6.17. The van der Waals surface area contributed by atoms with Gasteiger partial charge in [0.1, 0.15) is 4.99 Å². The van der Waals surface area contributed by atoms with Crippen LogP contribution in [0, 0.1) is 0 Å². The molecule has 0 aliphatic rings. The second kappa shape index (κ2) is 6.04. The van der Waals surface area contributed by atoms with E-state index in [4.69, 9.17) is 29.6 Å². The lowest BCUT2D eigenvalue weighted by molar-refractivity contribution is 0.590. The van der Waals surface area contributed by atoms with Gasteiger partial charge in [-0.05, 0) is 35.2 Å². The molecule has 0 saturated heterocycles. The zero-order chi connectivity index (χ0) is 15.6. The minimum atomic E-state index is 0.137. The highest BCUT2D eigenvalue weighted by molar-refractivity contribution is 7.80. The average molecular weight is 319 g/mol. The first-order valence-corrected chi connectivity index (χ1v) is 7.53. The van der Waals surface area contributed by atoms with E-state index in [-0.39, 0.29) is 10.4 Å². The number of hydrogen-bond donors (Lipinski definition) is 2. The van der Waals surface area contributed by atoms with Crippen LogP contribution in [0.4, 0.5) is 11.4 Å². The molecule has 0 aliphatic heterocycles. The summed E-state index contributed by atoms with van der Waals surface area (Å²) in [6.07, 6.45) is 0. The first-order chi connectivity index (χ1) is 9.79. The van der Waals surface area contributed by atoms with Crippen molar-refractivity contribution in [2.45, 2.75) is 26.2 Å². The fraction of sp³-hybridized carbons (Fsp3) is 0.235. The van der Waals surface area contributed by atoms with E-state index in [1.165, 1.54) is 5.56 Å². The molecule has 0 aromatic heterocycles. The van der Waals surface area contributed by atoms with Crippen LogP contribution in [0.2, 0.25) is 5.02 Å². The van der Waals surface area contributed by atoms with E-state index in [0.29, 0.717) is 10.6 Å². The summed E-state index contributed by atoms with van der Waals surface area (Å²) >= 11 is 11.2. The van der Waals surface area contributed by atoms with E-state index in [1.807, 2.05) is 24.3 Å². The van der Waals surface area contributed by atoms with E-state index in [1.54, 1.807) is 6.07 Å². The quantitative estimate of drug-likeness (QED) is 0.781. The fourth-order valence-electron chi connectivity index (χ4n) is 2.09. The Balaban J connectivity index is 2.31. The summed E-state index contributed by atoms with van der Waals surface area (Å²) in [5.41, 5.74) is 9.65. The number of hydrogen-bond acceptors (Lipinski definition) is 2.